The van der Waals surface area contributed by atoms with E-state index in [-0.39, 0.29) is 35.6 Å². The molecule has 0 unspecified atom stereocenters. The molecule has 0 saturated carbocycles. The minimum atomic E-state index is -1.20. The number of halogens is 3. The Labute approximate surface area is 238 Å². The third-order valence-corrected chi connectivity index (χ3v) is 7.43. The number of carboxylic acid groups (broad SMARTS) is 1. The zero-order valence-corrected chi connectivity index (χ0v) is 22.5. The van der Waals surface area contributed by atoms with Crippen LogP contribution in [0.1, 0.15) is 41.3 Å². The first-order valence-electron chi connectivity index (χ1n) is 13.6. The lowest BCUT2D eigenvalue weighted by molar-refractivity contribution is -0.0592. The van der Waals surface area contributed by atoms with Crippen LogP contribution in [0.15, 0.2) is 42.6 Å². The van der Waals surface area contributed by atoms with E-state index < -0.39 is 23.4 Å². The second kappa shape index (κ2) is 11.9. The number of fused-ring (bicyclic) bond motifs is 1. The number of aromatic nitrogens is 4. The van der Waals surface area contributed by atoms with Crippen molar-refractivity contribution in [3.8, 4) is 11.6 Å². The van der Waals surface area contributed by atoms with E-state index in [1.54, 1.807) is 6.07 Å². The summed E-state index contributed by atoms with van der Waals surface area (Å²) in [5, 5.41) is 9.42. The number of hydrogen-bond donors (Lipinski definition) is 1. The first-order valence-corrected chi connectivity index (χ1v) is 13.6. The largest absolute Gasteiger partial charge is 0.483 e. The lowest BCUT2D eigenvalue weighted by Gasteiger charge is -2.32. The molecule has 0 radical (unpaired) electrons. The van der Waals surface area contributed by atoms with Crippen molar-refractivity contribution in [1.29, 1.82) is 0 Å². The van der Waals surface area contributed by atoms with Crippen molar-refractivity contribution in [2.45, 2.75) is 51.2 Å². The number of carbonyl (C=O) groups is 1. The molecule has 2 aromatic carbocycles. The van der Waals surface area contributed by atoms with Crippen molar-refractivity contribution >= 4 is 17.0 Å². The topological polar surface area (TPSA) is 112 Å². The Kier molecular flexibility index (Phi) is 7.94. The van der Waals surface area contributed by atoms with Gasteiger partial charge in [0.15, 0.2) is 23.2 Å². The molecule has 42 heavy (non-hydrogen) atoms. The Balaban J connectivity index is 1.08. The lowest BCUT2D eigenvalue weighted by Crippen LogP contribution is -2.39. The van der Waals surface area contributed by atoms with Gasteiger partial charge in [-0.1, -0.05) is 0 Å². The number of imidazole rings is 1. The third-order valence-electron chi connectivity index (χ3n) is 7.43. The van der Waals surface area contributed by atoms with E-state index in [0.29, 0.717) is 68.7 Å². The van der Waals surface area contributed by atoms with E-state index in [1.165, 1.54) is 18.3 Å². The van der Waals surface area contributed by atoms with Crippen LogP contribution in [0.4, 0.5) is 13.2 Å². The SMILES string of the molecule is O=C(O)c1cc(F)c2nc(CN3CCC(Oc4ccnc(COc5ccc(F)cc5F)n4)CC3)n(C[C@@H]3CCO3)c2c1. The van der Waals surface area contributed by atoms with Crippen LogP contribution in [0.2, 0.25) is 0 Å². The van der Waals surface area contributed by atoms with Gasteiger partial charge >= 0.3 is 5.97 Å². The fraction of sp³-hybridized carbons (Fsp3) is 0.379. The van der Waals surface area contributed by atoms with E-state index in [1.807, 2.05) is 4.57 Å². The monoisotopic (exact) mass is 583 g/mol. The van der Waals surface area contributed by atoms with Gasteiger partial charge in [0, 0.05) is 38.0 Å². The maximum absolute atomic E-state index is 14.8. The van der Waals surface area contributed by atoms with Gasteiger partial charge < -0.3 is 23.9 Å². The molecule has 2 aliphatic heterocycles. The fourth-order valence-electron chi connectivity index (χ4n) is 5.12. The molecule has 13 heteroatoms. The van der Waals surface area contributed by atoms with Crippen LogP contribution < -0.4 is 9.47 Å². The number of nitrogens with zero attached hydrogens (tertiary/aromatic N) is 5. The molecule has 220 valence electrons. The molecular formula is C29H28F3N5O5. The predicted octanol–water partition coefficient (Wildman–Crippen LogP) is 4.35. The van der Waals surface area contributed by atoms with Crippen LogP contribution in [-0.2, 0) is 24.4 Å². The molecule has 10 nitrogen and oxygen atoms in total. The molecule has 1 N–H and O–H groups in total. The standard InChI is InChI=1S/C29H28F3N5O5/c30-18-1-2-24(21(31)13-18)41-16-25-33-7-3-27(34-25)42-19-4-8-36(9-5-19)15-26-35-28-22(32)11-17(29(38)39)12-23(28)37(26)14-20-6-10-40-20/h1-3,7,11-13,19-20H,4-6,8-10,14-16H2,(H,38,39)/t20-/m0/s1. The summed E-state index contributed by atoms with van der Waals surface area (Å²) < 4.78 is 60.7. The summed E-state index contributed by atoms with van der Waals surface area (Å²) in [5.74, 6) is -2.15. The Morgan fingerprint density at radius 2 is 1.86 bits per heavy atom. The molecule has 6 rings (SSSR count). The van der Waals surface area contributed by atoms with Crippen LogP contribution in [-0.4, -0.2) is 67.4 Å². The number of benzene rings is 2. The zero-order valence-electron chi connectivity index (χ0n) is 22.5. The summed E-state index contributed by atoms with van der Waals surface area (Å²) >= 11 is 0. The molecule has 0 aliphatic carbocycles. The molecule has 2 aliphatic rings. The first kappa shape index (κ1) is 27.9. The first-order chi connectivity index (χ1) is 20.3. The van der Waals surface area contributed by atoms with Crippen LogP contribution in [0.5, 0.6) is 11.6 Å². The Hall–Kier alpha value is -4.23. The molecule has 0 amide bonds. The molecule has 4 aromatic rings. The van der Waals surface area contributed by atoms with Gasteiger partial charge in [0.2, 0.25) is 5.88 Å². The van der Waals surface area contributed by atoms with Crippen molar-refractivity contribution in [1.82, 2.24) is 24.4 Å². The number of hydrogen-bond acceptors (Lipinski definition) is 8. The molecule has 0 spiro atoms. The molecule has 2 saturated heterocycles. The van der Waals surface area contributed by atoms with E-state index in [4.69, 9.17) is 14.2 Å². The molecule has 2 fully saturated rings. The van der Waals surface area contributed by atoms with E-state index >= 15 is 0 Å². The van der Waals surface area contributed by atoms with E-state index in [0.717, 1.165) is 24.6 Å². The van der Waals surface area contributed by atoms with Crippen molar-refractivity contribution in [2.75, 3.05) is 19.7 Å². The minimum Gasteiger partial charge on any atom is -0.483 e. The van der Waals surface area contributed by atoms with Crippen molar-refractivity contribution in [2.24, 2.45) is 0 Å². The average Bonchev–Trinajstić information content (AvgIpc) is 3.28. The van der Waals surface area contributed by atoms with Crippen LogP contribution in [0.3, 0.4) is 0 Å². The van der Waals surface area contributed by atoms with Crippen molar-refractivity contribution < 1.29 is 37.3 Å². The highest BCUT2D eigenvalue weighted by molar-refractivity contribution is 5.92. The van der Waals surface area contributed by atoms with Crippen LogP contribution >= 0.6 is 0 Å². The van der Waals surface area contributed by atoms with Crippen LogP contribution in [0, 0.1) is 17.5 Å². The van der Waals surface area contributed by atoms with Gasteiger partial charge in [0.05, 0.1) is 30.3 Å². The Bertz CT molecular complexity index is 1600. The number of carboxylic acids is 1. The summed E-state index contributed by atoms with van der Waals surface area (Å²) in [4.78, 5) is 26.8. The molecule has 0 bridgehead atoms. The molecular weight excluding hydrogens is 555 g/mol. The zero-order chi connectivity index (χ0) is 29.2. The van der Waals surface area contributed by atoms with Gasteiger partial charge in [-0.15, -0.1) is 0 Å². The van der Waals surface area contributed by atoms with Crippen LogP contribution in [0.25, 0.3) is 11.0 Å². The van der Waals surface area contributed by atoms with Crippen molar-refractivity contribution in [3.05, 3.63) is 77.3 Å². The number of piperidine rings is 1. The second-order valence-electron chi connectivity index (χ2n) is 10.3. The van der Waals surface area contributed by atoms with Gasteiger partial charge in [-0.3, -0.25) is 4.90 Å². The maximum Gasteiger partial charge on any atom is 0.335 e. The quantitative estimate of drug-likeness (QED) is 0.291. The number of aromatic carboxylic acids is 1. The van der Waals surface area contributed by atoms with Gasteiger partial charge in [0.1, 0.15) is 29.9 Å². The smallest absolute Gasteiger partial charge is 0.335 e. The van der Waals surface area contributed by atoms with Gasteiger partial charge in [-0.2, -0.15) is 4.98 Å². The number of likely N-dealkylation sites (tertiary alicyclic amines) is 1. The van der Waals surface area contributed by atoms with E-state index in [2.05, 4.69) is 19.9 Å². The summed E-state index contributed by atoms with van der Waals surface area (Å²) in [6.45, 7) is 2.89. The summed E-state index contributed by atoms with van der Waals surface area (Å²) in [5.41, 5.74) is 0.474. The fourth-order valence-corrected chi connectivity index (χ4v) is 5.12. The minimum absolute atomic E-state index is 0.0188. The molecule has 1 atom stereocenters. The Morgan fingerprint density at radius 3 is 2.57 bits per heavy atom. The highest BCUT2D eigenvalue weighted by Gasteiger charge is 2.27. The maximum atomic E-state index is 14.8. The third kappa shape index (κ3) is 6.16. The van der Waals surface area contributed by atoms with Crippen molar-refractivity contribution in [3.63, 3.8) is 0 Å². The normalized spacial score (nSPS) is 17.7. The summed E-state index contributed by atoms with van der Waals surface area (Å²) in [6, 6.07) is 7.16. The van der Waals surface area contributed by atoms with Gasteiger partial charge in [-0.25, -0.2) is 27.9 Å². The summed E-state index contributed by atoms with van der Waals surface area (Å²) in [6.07, 6.45) is 3.71. The predicted molar refractivity (Wildman–Crippen MR) is 143 cm³/mol. The number of rotatable bonds is 10. The average molecular weight is 584 g/mol. The highest BCUT2D eigenvalue weighted by atomic mass is 19.1. The highest BCUT2D eigenvalue weighted by Crippen LogP contribution is 2.27. The number of ether oxygens (including phenoxy) is 3. The molecule has 2 aromatic heterocycles. The summed E-state index contributed by atoms with van der Waals surface area (Å²) in [7, 11) is 0. The van der Waals surface area contributed by atoms with E-state index in [9.17, 15) is 23.1 Å². The lowest BCUT2D eigenvalue weighted by atomic mass is 10.1. The Morgan fingerprint density at radius 1 is 1.05 bits per heavy atom. The second-order valence-corrected chi connectivity index (χ2v) is 10.3. The van der Waals surface area contributed by atoms with Gasteiger partial charge in [0.25, 0.3) is 0 Å². The van der Waals surface area contributed by atoms with Gasteiger partial charge in [-0.05, 0) is 43.5 Å². The molecule has 4 heterocycles.